The van der Waals surface area contributed by atoms with E-state index in [2.05, 4.69) is 60.2 Å². The standard InChI is InChI=1S/C23H19N5O2S3/c1-23(2,3)14-6-8-15(9-7-14)27-20(18-5-4-12-31-18)25-26-21(27)33-22-24-17-11-10-16(28(29)30)13-19(17)32-22/h4-13H,1-3H3. The van der Waals surface area contributed by atoms with E-state index in [9.17, 15) is 10.1 Å². The topological polar surface area (TPSA) is 86.7 Å². The lowest BCUT2D eigenvalue weighted by Gasteiger charge is -2.19. The number of hydrogen-bond acceptors (Lipinski definition) is 8. The first-order chi connectivity index (χ1) is 15.8. The van der Waals surface area contributed by atoms with Crippen molar-refractivity contribution in [2.24, 2.45) is 0 Å². The average Bonchev–Trinajstić information content (AvgIpc) is 3.52. The number of non-ortho nitro benzene ring substituents is 1. The van der Waals surface area contributed by atoms with Crippen molar-refractivity contribution in [1.82, 2.24) is 19.7 Å². The zero-order chi connectivity index (χ0) is 23.2. The highest BCUT2D eigenvalue weighted by atomic mass is 32.2. The lowest BCUT2D eigenvalue weighted by molar-refractivity contribution is -0.384. The third-order valence-corrected chi connectivity index (χ3v) is 8.00. The number of nitro groups is 1. The molecule has 0 aliphatic carbocycles. The van der Waals surface area contributed by atoms with E-state index in [1.165, 1.54) is 34.7 Å². The molecule has 3 heterocycles. The molecule has 2 aromatic carbocycles. The summed E-state index contributed by atoms with van der Waals surface area (Å²) in [6.07, 6.45) is 0. The first kappa shape index (κ1) is 21.7. The molecule has 33 heavy (non-hydrogen) atoms. The van der Waals surface area contributed by atoms with Crippen LogP contribution in [-0.4, -0.2) is 24.7 Å². The molecule has 0 spiro atoms. The fourth-order valence-corrected chi connectivity index (χ4v) is 6.13. The second-order valence-electron chi connectivity index (χ2n) is 8.41. The van der Waals surface area contributed by atoms with E-state index < -0.39 is 4.92 Å². The Labute approximate surface area is 202 Å². The maximum absolute atomic E-state index is 11.1. The number of aromatic nitrogens is 4. The van der Waals surface area contributed by atoms with Crippen LogP contribution in [0, 0.1) is 10.1 Å². The highest BCUT2D eigenvalue weighted by molar-refractivity contribution is 8.01. The van der Waals surface area contributed by atoms with Crippen LogP contribution in [0.15, 0.2) is 69.5 Å². The Morgan fingerprint density at radius 2 is 1.85 bits per heavy atom. The number of fused-ring (bicyclic) bond motifs is 1. The summed E-state index contributed by atoms with van der Waals surface area (Å²) in [4.78, 5) is 16.4. The summed E-state index contributed by atoms with van der Waals surface area (Å²) in [5, 5.41) is 22.8. The van der Waals surface area contributed by atoms with Gasteiger partial charge in [-0.25, -0.2) is 4.98 Å². The monoisotopic (exact) mass is 493 g/mol. The normalized spacial score (nSPS) is 11.8. The number of nitro benzene ring substituents is 1. The van der Waals surface area contributed by atoms with Crippen molar-refractivity contribution in [3.05, 3.63) is 75.7 Å². The van der Waals surface area contributed by atoms with Gasteiger partial charge in [-0.15, -0.1) is 32.9 Å². The molecule has 0 N–H and O–H groups in total. The molecular formula is C23H19N5O2S3. The van der Waals surface area contributed by atoms with Gasteiger partial charge in [0, 0.05) is 17.8 Å². The van der Waals surface area contributed by atoms with Crippen LogP contribution < -0.4 is 0 Å². The van der Waals surface area contributed by atoms with Crippen LogP contribution in [0.1, 0.15) is 26.3 Å². The van der Waals surface area contributed by atoms with Gasteiger partial charge in [-0.1, -0.05) is 39.0 Å². The highest BCUT2D eigenvalue weighted by Crippen LogP contribution is 2.38. The molecule has 10 heteroatoms. The summed E-state index contributed by atoms with van der Waals surface area (Å²) < 4.78 is 3.56. The van der Waals surface area contributed by atoms with E-state index in [1.54, 1.807) is 23.5 Å². The van der Waals surface area contributed by atoms with Crippen LogP contribution >= 0.6 is 34.4 Å². The maximum atomic E-state index is 11.1. The minimum atomic E-state index is -0.392. The predicted octanol–water partition coefficient (Wildman–Crippen LogP) is 6.96. The Bertz CT molecular complexity index is 1450. The molecule has 0 saturated carbocycles. The maximum Gasteiger partial charge on any atom is 0.270 e. The number of rotatable bonds is 5. The second-order valence-corrected chi connectivity index (χ2v) is 11.6. The molecule has 166 valence electrons. The molecule has 3 aromatic heterocycles. The summed E-state index contributed by atoms with van der Waals surface area (Å²) in [6, 6.07) is 17.2. The minimum absolute atomic E-state index is 0.0590. The van der Waals surface area contributed by atoms with E-state index in [4.69, 9.17) is 0 Å². The van der Waals surface area contributed by atoms with E-state index in [0.29, 0.717) is 5.16 Å². The van der Waals surface area contributed by atoms with Crippen LogP contribution in [0.3, 0.4) is 0 Å². The van der Waals surface area contributed by atoms with Crippen molar-refractivity contribution >= 4 is 50.3 Å². The number of benzene rings is 2. The van der Waals surface area contributed by atoms with Crippen molar-refractivity contribution in [2.75, 3.05) is 0 Å². The minimum Gasteiger partial charge on any atom is -0.269 e. The predicted molar refractivity (Wildman–Crippen MR) is 134 cm³/mol. The molecule has 0 amide bonds. The lowest BCUT2D eigenvalue weighted by Crippen LogP contribution is -2.11. The van der Waals surface area contributed by atoms with E-state index >= 15 is 0 Å². The second kappa shape index (κ2) is 8.36. The lowest BCUT2D eigenvalue weighted by atomic mass is 9.87. The van der Waals surface area contributed by atoms with Gasteiger partial charge in [0.05, 0.1) is 20.0 Å². The van der Waals surface area contributed by atoms with Gasteiger partial charge >= 0.3 is 0 Å². The highest BCUT2D eigenvalue weighted by Gasteiger charge is 2.20. The van der Waals surface area contributed by atoms with Crippen molar-refractivity contribution in [1.29, 1.82) is 0 Å². The first-order valence-corrected chi connectivity index (χ1v) is 12.6. The molecule has 0 aliphatic heterocycles. The van der Waals surface area contributed by atoms with Crippen molar-refractivity contribution in [3.63, 3.8) is 0 Å². The number of thiazole rings is 1. The van der Waals surface area contributed by atoms with Gasteiger partial charge in [0.25, 0.3) is 5.69 Å². The van der Waals surface area contributed by atoms with E-state index in [1.807, 2.05) is 22.1 Å². The third kappa shape index (κ3) is 4.29. The molecule has 0 atom stereocenters. The molecule has 5 rings (SSSR count). The Hall–Kier alpha value is -3.08. The average molecular weight is 494 g/mol. The van der Waals surface area contributed by atoms with E-state index in [0.717, 1.165) is 30.9 Å². The zero-order valence-electron chi connectivity index (χ0n) is 18.1. The van der Waals surface area contributed by atoms with Crippen molar-refractivity contribution < 1.29 is 4.92 Å². The molecule has 0 unspecified atom stereocenters. The van der Waals surface area contributed by atoms with Crippen LogP contribution in [0.2, 0.25) is 0 Å². The molecule has 7 nitrogen and oxygen atoms in total. The van der Waals surface area contributed by atoms with Gasteiger partial charge in [0.2, 0.25) is 5.16 Å². The molecule has 0 bridgehead atoms. The van der Waals surface area contributed by atoms with Gasteiger partial charge < -0.3 is 0 Å². The molecule has 0 saturated heterocycles. The largest absolute Gasteiger partial charge is 0.270 e. The number of nitrogens with zero attached hydrogens (tertiary/aromatic N) is 5. The zero-order valence-corrected chi connectivity index (χ0v) is 20.5. The van der Waals surface area contributed by atoms with Crippen LogP contribution in [0.5, 0.6) is 0 Å². The quantitative estimate of drug-likeness (QED) is 0.194. The SMILES string of the molecule is CC(C)(C)c1ccc(-n2c(Sc3nc4ccc([N+](=O)[O-])cc4s3)nnc2-c2cccs2)cc1. The van der Waals surface area contributed by atoms with Crippen LogP contribution in [0.25, 0.3) is 26.6 Å². The Kier molecular flexibility index (Phi) is 5.51. The molecular weight excluding hydrogens is 474 g/mol. The summed E-state index contributed by atoms with van der Waals surface area (Å²) in [7, 11) is 0. The van der Waals surface area contributed by atoms with Gasteiger partial charge in [-0.3, -0.25) is 14.7 Å². The van der Waals surface area contributed by atoms with Gasteiger partial charge in [-0.2, -0.15) is 0 Å². The first-order valence-electron chi connectivity index (χ1n) is 10.1. The number of hydrogen-bond donors (Lipinski definition) is 0. The van der Waals surface area contributed by atoms with Gasteiger partial charge in [0.15, 0.2) is 10.2 Å². The molecule has 0 fully saturated rings. The third-order valence-electron chi connectivity index (χ3n) is 5.11. The van der Waals surface area contributed by atoms with Crippen molar-refractivity contribution in [2.45, 2.75) is 35.7 Å². The summed E-state index contributed by atoms with van der Waals surface area (Å²) in [5.74, 6) is 0.771. The van der Waals surface area contributed by atoms with Crippen LogP contribution in [-0.2, 0) is 5.41 Å². The molecule has 5 aromatic rings. The Morgan fingerprint density at radius 3 is 2.52 bits per heavy atom. The Morgan fingerprint density at radius 1 is 1.06 bits per heavy atom. The van der Waals surface area contributed by atoms with E-state index in [-0.39, 0.29) is 11.1 Å². The van der Waals surface area contributed by atoms with Gasteiger partial charge in [0.1, 0.15) is 0 Å². The molecule has 0 radical (unpaired) electrons. The summed E-state index contributed by atoms with van der Waals surface area (Å²) in [6.45, 7) is 6.57. The van der Waals surface area contributed by atoms with Crippen molar-refractivity contribution in [3.8, 4) is 16.4 Å². The fraction of sp³-hybridized carbons (Fsp3) is 0.174. The fourth-order valence-electron chi connectivity index (χ4n) is 3.37. The van der Waals surface area contributed by atoms with Crippen LogP contribution in [0.4, 0.5) is 5.69 Å². The molecule has 0 aliphatic rings. The summed E-state index contributed by atoms with van der Waals surface area (Å²) in [5.41, 5.74) is 3.07. The number of thiophene rings is 1. The smallest absolute Gasteiger partial charge is 0.269 e. The summed E-state index contributed by atoms with van der Waals surface area (Å²) >= 11 is 4.43. The van der Waals surface area contributed by atoms with Gasteiger partial charge in [-0.05, 0) is 52.4 Å². The Balaban J connectivity index is 1.57.